The average Bonchev–Trinajstić information content (AvgIpc) is 3.69. The van der Waals surface area contributed by atoms with Gasteiger partial charge in [-0.05, 0) is 110 Å². The summed E-state index contributed by atoms with van der Waals surface area (Å²) in [7, 11) is 0. The number of hydrogen-bond donors (Lipinski definition) is 4. The Kier molecular flexibility index (Phi) is 9.41. The highest BCUT2D eigenvalue weighted by molar-refractivity contribution is 5.94. The van der Waals surface area contributed by atoms with E-state index in [1.165, 1.54) is 0 Å². The summed E-state index contributed by atoms with van der Waals surface area (Å²) >= 11 is 0. The molecule has 4 N–H and O–H groups in total. The third-order valence-electron chi connectivity index (χ3n) is 7.95. The van der Waals surface area contributed by atoms with Crippen molar-refractivity contribution >= 4 is 56.8 Å². The monoisotopic (exact) mass is 598 g/mol. The zero-order valence-corrected chi connectivity index (χ0v) is 25.5. The first-order valence-electron chi connectivity index (χ1n) is 14.8. The van der Waals surface area contributed by atoms with Crippen LogP contribution in [0.5, 0.6) is 0 Å². The molecule has 0 aromatic carbocycles. The maximum Gasteiger partial charge on any atom is 0.306 e. The molecule has 0 saturated heterocycles. The molecule has 3 aromatic rings. The third kappa shape index (κ3) is 6.82. The molecule has 0 atom stereocenters. The second kappa shape index (κ2) is 13.4. The van der Waals surface area contributed by atoms with Crippen molar-refractivity contribution in [2.75, 3.05) is 26.4 Å². The molecule has 0 spiro atoms. The number of aliphatic hydroxyl groups excluding tert-OH is 2. The Labute approximate surface area is 255 Å². The van der Waals surface area contributed by atoms with E-state index in [0.29, 0.717) is 18.5 Å². The van der Waals surface area contributed by atoms with Crippen LogP contribution in [0.25, 0.3) is 44.9 Å². The van der Waals surface area contributed by atoms with Gasteiger partial charge in [-0.3, -0.25) is 9.59 Å². The molecule has 5 heterocycles. The van der Waals surface area contributed by atoms with E-state index in [9.17, 15) is 9.59 Å². The van der Waals surface area contributed by atoms with E-state index in [1.807, 2.05) is 45.0 Å². The summed E-state index contributed by atoms with van der Waals surface area (Å²) in [6.45, 7) is 7.57. The van der Waals surface area contributed by atoms with Gasteiger partial charge in [0.1, 0.15) is 13.2 Å². The molecule has 5 rings (SSSR count). The Bertz CT molecular complexity index is 1830. The summed E-state index contributed by atoms with van der Waals surface area (Å²) in [5.74, 6) is -0.772. The van der Waals surface area contributed by atoms with Crippen molar-refractivity contribution in [1.82, 2.24) is 19.9 Å². The number of carbonyl (C=O) groups excluding carboxylic acids is 2. The number of aryl methyl sites for hydroxylation is 3. The number of hydrogen-bond acceptors (Lipinski definition) is 8. The van der Waals surface area contributed by atoms with Crippen LogP contribution in [0.3, 0.4) is 0 Å². The molecule has 2 aliphatic rings. The molecule has 2 aliphatic heterocycles. The minimum atomic E-state index is -0.390. The second-order valence-corrected chi connectivity index (χ2v) is 11.1. The number of nitrogens with zero attached hydrogens (tertiary/aromatic N) is 2. The van der Waals surface area contributed by atoms with Gasteiger partial charge in [0.05, 0.1) is 36.0 Å². The van der Waals surface area contributed by atoms with Crippen LogP contribution in [0.4, 0.5) is 0 Å². The number of carbonyl (C=O) groups is 2. The first-order chi connectivity index (χ1) is 21.2. The van der Waals surface area contributed by atoms with Crippen molar-refractivity contribution in [3.63, 3.8) is 0 Å². The minimum Gasteiger partial charge on any atom is -0.463 e. The minimum absolute atomic E-state index is 0.0341. The van der Waals surface area contributed by atoms with Crippen LogP contribution in [0, 0.1) is 13.8 Å². The SMILES string of the molecule is CC1=Cc2cc3[nH]c(cc3C)cc3[nH]c(cc4nc(cc1n2)C(C)=C4CCC(=O)OCCO)c(CCC(=O)OCCO)c3C. The van der Waals surface area contributed by atoms with Gasteiger partial charge in [-0.15, -0.1) is 0 Å². The number of aromatic amines is 2. The van der Waals surface area contributed by atoms with E-state index in [-0.39, 0.29) is 45.2 Å². The zero-order chi connectivity index (χ0) is 31.4. The molecule has 44 heavy (non-hydrogen) atoms. The molecule has 0 saturated carbocycles. The first-order valence-corrected chi connectivity index (χ1v) is 14.8. The van der Waals surface area contributed by atoms with Gasteiger partial charge in [0, 0.05) is 34.9 Å². The van der Waals surface area contributed by atoms with E-state index in [1.54, 1.807) is 0 Å². The fourth-order valence-corrected chi connectivity index (χ4v) is 5.56. The highest BCUT2D eigenvalue weighted by Gasteiger charge is 2.20. The number of nitrogens with one attached hydrogen (secondary N) is 2. The van der Waals surface area contributed by atoms with E-state index in [0.717, 1.165) is 72.6 Å². The van der Waals surface area contributed by atoms with Crippen molar-refractivity contribution < 1.29 is 29.3 Å². The van der Waals surface area contributed by atoms with E-state index in [2.05, 4.69) is 29.0 Å². The summed E-state index contributed by atoms with van der Waals surface area (Å²) in [4.78, 5) is 41.6. The maximum absolute atomic E-state index is 12.4. The van der Waals surface area contributed by atoms with Crippen LogP contribution in [0.1, 0.15) is 72.6 Å². The van der Waals surface area contributed by atoms with E-state index >= 15 is 0 Å². The second-order valence-electron chi connectivity index (χ2n) is 11.1. The Morgan fingerprint density at radius 2 is 1.45 bits per heavy atom. The van der Waals surface area contributed by atoms with Crippen molar-refractivity contribution in [2.24, 2.45) is 0 Å². The predicted octanol–water partition coefficient (Wildman–Crippen LogP) is 5.21. The van der Waals surface area contributed by atoms with Gasteiger partial charge in [0.2, 0.25) is 0 Å². The number of aromatic nitrogens is 4. The summed E-state index contributed by atoms with van der Waals surface area (Å²) in [5.41, 5.74) is 12.6. The third-order valence-corrected chi connectivity index (χ3v) is 7.95. The summed E-state index contributed by atoms with van der Waals surface area (Å²) in [6.07, 6.45) is 3.17. The lowest BCUT2D eigenvalue weighted by molar-refractivity contribution is -0.145. The normalized spacial score (nSPS) is 12.8. The highest BCUT2D eigenvalue weighted by atomic mass is 16.5. The van der Waals surface area contributed by atoms with Crippen molar-refractivity contribution in [3.8, 4) is 0 Å². The first kappa shape index (κ1) is 30.9. The fraction of sp³-hybridized carbons (Fsp3) is 0.353. The molecule has 0 amide bonds. The molecule has 8 bridgehead atoms. The van der Waals surface area contributed by atoms with Gasteiger partial charge in [0.25, 0.3) is 0 Å². The van der Waals surface area contributed by atoms with Crippen molar-refractivity contribution in [2.45, 2.75) is 53.4 Å². The van der Waals surface area contributed by atoms with Gasteiger partial charge in [-0.25, -0.2) is 9.97 Å². The molecule has 0 radical (unpaired) electrons. The largest absolute Gasteiger partial charge is 0.463 e. The number of allylic oxidation sites excluding steroid dienone is 3. The summed E-state index contributed by atoms with van der Waals surface area (Å²) in [5, 5.41) is 18.1. The van der Waals surface area contributed by atoms with Crippen LogP contribution in [0.2, 0.25) is 0 Å². The van der Waals surface area contributed by atoms with Gasteiger partial charge in [0.15, 0.2) is 0 Å². The van der Waals surface area contributed by atoms with Crippen LogP contribution in [0.15, 0.2) is 30.3 Å². The number of fused-ring (bicyclic) bond motifs is 8. The summed E-state index contributed by atoms with van der Waals surface area (Å²) in [6, 6.07) is 10.1. The van der Waals surface area contributed by atoms with Crippen LogP contribution in [-0.4, -0.2) is 68.5 Å². The van der Waals surface area contributed by atoms with Crippen LogP contribution < -0.4 is 0 Å². The molecular weight excluding hydrogens is 560 g/mol. The molecule has 10 heteroatoms. The van der Waals surface area contributed by atoms with E-state index in [4.69, 9.17) is 29.7 Å². The smallest absolute Gasteiger partial charge is 0.306 e. The Morgan fingerprint density at radius 1 is 0.750 bits per heavy atom. The lowest BCUT2D eigenvalue weighted by Gasteiger charge is -2.06. The molecule has 0 unspecified atom stereocenters. The lowest BCUT2D eigenvalue weighted by Crippen LogP contribution is -2.09. The van der Waals surface area contributed by atoms with Gasteiger partial charge >= 0.3 is 11.9 Å². The number of esters is 2. The van der Waals surface area contributed by atoms with Crippen LogP contribution >= 0.6 is 0 Å². The fourth-order valence-electron chi connectivity index (χ4n) is 5.56. The number of H-pyrrole nitrogens is 2. The maximum atomic E-state index is 12.4. The van der Waals surface area contributed by atoms with Gasteiger partial charge < -0.3 is 29.7 Å². The van der Waals surface area contributed by atoms with Gasteiger partial charge in [-0.1, -0.05) is 0 Å². The highest BCUT2D eigenvalue weighted by Crippen LogP contribution is 2.35. The predicted molar refractivity (Wildman–Crippen MR) is 170 cm³/mol. The van der Waals surface area contributed by atoms with E-state index < -0.39 is 5.97 Å². The molecule has 0 fully saturated rings. The number of ether oxygens (including phenoxy) is 2. The standard InChI is InChI=1S/C34H38N4O6/c1-19-13-24-16-29-21(3)25(5-7-33(41)43-11-9-39)31(37-29)18-32-26(6-8-34(42)44-12-10-40)22(4)30(38-32)17-28-20(2)14-23(36-28)15-27(19)35-24/h13-18,35,37,39-40H,5-12H2,1-4H3. The molecule has 0 aliphatic carbocycles. The zero-order valence-electron chi connectivity index (χ0n) is 25.5. The quantitative estimate of drug-likeness (QED) is 0.232. The molecule has 10 nitrogen and oxygen atoms in total. The number of rotatable bonds is 10. The Balaban J connectivity index is 1.72. The molecular formula is C34H38N4O6. The molecule has 3 aromatic heterocycles. The Morgan fingerprint density at radius 3 is 2.16 bits per heavy atom. The Hall–Kier alpha value is -4.54. The van der Waals surface area contributed by atoms with Gasteiger partial charge in [-0.2, -0.15) is 0 Å². The molecule has 230 valence electrons. The van der Waals surface area contributed by atoms with Crippen molar-refractivity contribution in [3.05, 3.63) is 69.8 Å². The van der Waals surface area contributed by atoms with Crippen molar-refractivity contribution in [1.29, 1.82) is 0 Å². The average molecular weight is 599 g/mol. The topological polar surface area (TPSA) is 150 Å². The lowest BCUT2D eigenvalue weighted by atomic mass is 10.00. The van der Waals surface area contributed by atoms with Crippen LogP contribution in [-0.2, 0) is 25.5 Å². The summed E-state index contributed by atoms with van der Waals surface area (Å²) < 4.78 is 10.2. The number of aliphatic hydroxyl groups is 2.